The van der Waals surface area contributed by atoms with Crippen LogP contribution in [0.3, 0.4) is 0 Å². The Kier molecular flexibility index (Phi) is 10.2. The SMILES string of the molecule is C[C@@H]1[C@@H](C)C/C=C/[C@@](O)(C#CCN2CCS(=O)(=O)CC2)[C@@H]2CC[C@H]2CN2C[C@@]3(CCCc4cc(Cl)ccc43)COc3ccc(cc32)C(=O)NS1(=O)=O. The third-order valence-electron chi connectivity index (χ3n) is 12.2. The van der Waals surface area contributed by atoms with Gasteiger partial charge in [0.25, 0.3) is 5.91 Å². The molecule has 5 aliphatic rings. The number of halogens is 1. The predicted molar refractivity (Wildman–Crippen MR) is 203 cm³/mol. The summed E-state index contributed by atoms with van der Waals surface area (Å²) in [5.41, 5.74) is 1.53. The van der Waals surface area contributed by atoms with E-state index in [1.54, 1.807) is 31.2 Å². The first kappa shape index (κ1) is 37.2. The highest BCUT2D eigenvalue weighted by Gasteiger charge is 2.48. The van der Waals surface area contributed by atoms with Gasteiger partial charge in [-0.15, -0.1) is 0 Å². The minimum Gasteiger partial charge on any atom is -0.490 e. The van der Waals surface area contributed by atoms with Crippen LogP contribution in [0.1, 0.15) is 67.4 Å². The molecule has 0 unspecified atom stereocenters. The Morgan fingerprint density at radius 2 is 1.87 bits per heavy atom. The van der Waals surface area contributed by atoms with E-state index in [1.165, 1.54) is 11.1 Å². The maximum atomic E-state index is 13.5. The lowest BCUT2D eigenvalue weighted by molar-refractivity contribution is -0.00329. The van der Waals surface area contributed by atoms with E-state index >= 15 is 0 Å². The van der Waals surface area contributed by atoms with Gasteiger partial charge in [0.1, 0.15) is 11.4 Å². The lowest BCUT2D eigenvalue weighted by atomic mass is 9.64. The fourth-order valence-corrected chi connectivity index (χ4v) is 11.4. The van der Waals surface area contributed by atoms with Crippen molar-refractivity contribution in [1.82, 2.24) is 9.62 Å². The van der Waals surface area contributed by atoms with Crippen molar-refractivity contribution in [3.63, 3.8) is 0 Å². The molecule has 2 aliphatic carbocycles. The zero-order valence-corrected chi connectivity index (χ0v) is 32.2. The number of carbonyl (C=O) groups excluding carboxylic acids is 1. The Bertz CT molecular complexity index is 2030. The fourth-order valence-electron chi connectivity index (χ4n) is 8.61. The van der Waals surface area contributed by atoms with Gasteiger partial charge < -0.3 is 14.7 Å². The van der Waals surface area contributed by atoms with Gasteiger partial charge in [-0.05, 0) is 105 Å². The molecule has 6 atom stereocenters. The number of carbonyl (C=O) groups is 1. The molecule has 2 bridgehead atoms. The molecule has 52 heavy (non-hydrogen) atoms. The fraction of sp³-hybridized carbons (Fsp3) is 0.564. The van der Waals surface area contributed by atoms with E-state index in [0.717, 1.165) is 32.1 Å². The van der Waals surface area contributed by atoms with Gasteiger partial charge in [-0.1, -0.05) is 42.5 Å². The van der Waals surface area contributed by atoms with Gasteiger partial charge in [0.2, 0.25) is 10.0 Å². The molecule has 1 saturated carbocycles. The van der Waals surface area contributed by atoms with Crippen molar-refractivity contribution < 1.29 is 31.5 Å². The highest BCUT2D eigenvalue weighted by Crippen LogP contribution is 2.48. The summed E-state index contributed by atoms with van der Waals surface area (Å²) in [6, 6.07) is 11.2. The van der Waals surface area contributed by atoms with Crippen molar-refractivity contribution in [2.75, 3.05) is 55.7 Å². The van der Waals surface area contributed by atoms with E-state index in [0.29, 0.717) is 62.2 Å². The van der Waals surface area contributed by atoms with Gasteiger partial charge in [-0.25, -0.2) is 21.6 Å². The number of fused-ring (bicyclic) bond motifs is 4. The molecule has 2 fully saturated rings. The normalized spacial score (nSPS) is 33.5. The van der Waals surface area contributed by atoms with Crippen LogP contribution in [0.2, 0.25) is 5.02 Å². The minimum absolute atomic E-state index is 0.0578. The van der Waals surface area contributed by atoms with E-state index in [-0.39, 0.29) is 40.2 Å². The van der Waals surface area contributed by atoms with Gasteiger partial charge in [0, 0.05) is 48.1 Å². The number of nitrogens with one attached hydrogen (secondary N) is 1. The van der Waals surface area contributed by atoms with Gasteiger partial charge in [0.15, 0.2) is 9.84 Å². The molecule has 280 valence electrons. The van der Waals surface area contributed by atoms with E-state index < -0.39 is 36.6 Å². The third kappa shape index (κ3) is 7.49. The Hall–Kier alpha value is -3.08. The number of rotatable bonds is 1. The largest absolute Gasteiger partial charge is 0.490 e. The number of amides is 1. The van der Waals surface area contributed by atoms with Crippen molar-refractivity contribution in [1.29, 1.82) is 0 Å². The topological polar surface area (TPSA) is 133 Å². The van der Waals surface area contributed by atoms with Crippen molar-refractivity contribution in [3.05, 3.63) is 70.3 Å². The second-order valence-electron chi connectivity index (χ2n) is 15.6. The first-order chi connectivity index (χ1) is 24.7. The lowest BCUT2D eigenvalue weighted by Crippen LogP contribution is -2.52. The zero-order chi connectivity index (χ0) is 36.9. The number of aliphatic hydroxyl groups is 1. The first-order valence-corrected chi connectivity index (χ1v) is 22.1. The smallest absolute Gasteiger partial charge is 0.264 e. The van der Waals surface area contributed by atoms with Crippen LogP contribution in [0, 0.1) is 29.6 Å². The molecule has 0 radical (unpaired) electrons. The second kappa shape index (κ2) is 14.3. The van der Waals surface area contributed by atoms with E-state index in [9.17, 15) is 26.7 Å². The van der Waals surface area contributed by atoms with Crippen LogP contribution in [0.5, 0.6) is 5.75 Å². The van der Waals surface area contributed by atoms with Gasteiger partial charge in [-0.3, -0.25) is 9.69 Å². The maximum Gasteiger partial charge on any atom is 0.264 e. The van der Waals surface area contributed by atoms with Gasteiger partial charge >= 0.3 is 0 Å². The van der Waals surface area contributed by atoms with Gasteiger partial charge in [0.05, 0.1) is 35.6 Å². The van der Waals surface area contributed by atoms with Crippen LogP contribution >= 0.6 is 11.6 Å². The molecule has 3 heterocycles. The van der Waals surface area contributed by atoms with Crippen LogP contribution in [0.25, 0.3) is 0 Å². The summed E-state index contributed by atoms with van der Waals surface area (Å²) in [4.78, 5) is 17.8. The lowest BCUT2D eigenvalue weighted by Gasteiger charge is -2.47. The third-order valence-corrected chi connectivity index (χ3v) is 15.9. The molecule has 2 aromatic rings. The van der Waals surface area contributed by atoms with Crippen LogP contribution < -0.4 is 14.4 Å². The van der Waals surface area contributed by atoms with E-state index in [1.807, 2.05) is 30.0 Å². The summed E-state index contributed by atoms with van der Waals surface area (Å²) in [5, 5.41) is 12.2. The number of sulfone groups is 1. The maximum absolute atomic E-state index is 13.5. The molecule has 0 aromatic heterocycles. The average molecular weight is 770 g/mol. The van der Waals surface area contributed by atoms with Crippen molar-refractivity contribution in [3.8, 4) is 17.6 Å². The number of hydrogen-bond acceptors (Lipinski definition) is 9. The van der Waals surface area contributed by atoms with Crippen LogP contribution in [0.15, 0.2) is 48.6 Å². The van der Waals surface area contributed by atoms with Crippen molar-refractivity contribution >= 4 is 43.1 Å². The van der Waals surface area contributed by atoms with Crippen LogP contribution in [0.4, 0.5) is 5.69 Å². The molecule has 1 amide bonds. The minimum atomic E-state index is -4.04. The summed E-state index contributed by atoms with van der Waals surface area (Å²) >= 11 is 6.44. The zero-order valence-electron chi connectivity index (χ0n) is 29.8. The summed E-state index contributed by atoms with van der Waals surface area (Å²) in [5.74, 6) is 6.02. The summed E-state index contributed by atoms with van der Waals surface area (Å²) in [6.07, 6.45) is 8.35. The Morgan fingerprint density at radius 1 is 1.08 bits per heavy atom. The number of benzene rings is 2. The number of anilines is 1. The highest BCUT2D eigenvalue weighted by molar-refractivity contribution is 7.91. The molecule has 7 rings (SSSR count). The number of aryl methyl sites for hydroxylation is 1. The molecular weight excluding hydrogens is 722 g/mol. The van der Waals surface area contributed by atoms with Crippen molar-refractivity contribution in [2.24, 2.45) is 17.8 Å². The molecule has 1 saturated heterocycles. The molecule has 13 heteroatoms. The summed E-state index contributed by atoms with van der Waals surface area (Å²) in [7, 11) is -7.06. The Morgan fingerprint density at radius 3 is 2.62 bits per heavy atom. The molecule has 1 spiro atoms. The van der Waals surface area contributed by atoms with Crippen molar-refractivity contribution in [2.45, 2.75) is 68.6 Å². The highest BCUT2D eigenvalue weighted by atomic mass is 35.5. The van der Waals surface area contributed by atoms with E-state index in [2.05, 4.69) is 27.5 Å². The van der Waals surface area contributed by atoms with Crippen LogP contribution in [-0.2, 0) is 31.7 Å². The number of nitrogens with zero attached hydrogens (tertiary/aromatic N) is 2. The Labute approximate surface area is 312 Å². The van der Waals surface area contributed by atoms with Crippen LogP contribution in [-0.4, -0.2) is 94.4 Å². The number of allylic oxidation sites excluding steroid dienone is 1. The number of hydrogen-bond donors (Lipinski definition) is 2. The first-order valence-electron chi connectivity index (χ1n) is 18.4. The van der Waals surface area contributed by atoms with E-state index in [4.69, 9.17) is 16.3 Å². The molecular formula is C39H48ClN3O7S2. The quantitative estimate of drug-likeness (QED) is 0.321. The number of sulfonamides is 1. The standard InChI is InChI=1S/C39H48ClN3O7S2/c1-27-6-3-15-39(45,16-5-17-42-18-20-51(46,47)21-19-42)34-11-8-31(34)24-43-25-38(14-4-7-29-22-32(40)10-12-33(29)38)26-50-36-13-9-30(23-35(36)43)37(44)41-52(48,49)28(27)2/h3,9-10,12-13,15,22-23,27-28,31,34,45H,4,6-8,11,14,17-21,24-26H2,1-2H3,(H,41,44)/b15-3+/t27-,28+,31-,34+,38-,39+/m0/s1. The average Bonchev–Trinajstić information content (AvgIpc) is 3.23. The Balaban J connectivity index is 1.27. The number of ether oxygens (including phenoxy) is 1. The molecule has 10 nitrogen and oxygen atoms in total. The predicted octanol–water partition coefficient (Wildman–Crippen LogP) is 4.35. The van der Waals surface area contributed by atoms with Gasteiger partial charge in [-0.2, -0.15) is 0 Å². The molecule has 2 aromatic carbocycles. The monoisotopic (exact) mass is 769 g/mol. The summed E-state index contributed by atoms with van der Waals surface area (Å²) in [6.45, 7) is 6.18. The summed E-state index contributed by atoms with van der Waals surface area (Å²) < 4.78 is 59.8. The second-order valence-corrected chi connectivity index (χ2v) is 20.4. The molecule has 2 N–H and O–H groups in total. The molecule has 3 aliphatic heterocycles.